The summed E-state index contributed by atoms with van der Waals surface area (Å²) in [7, 11) is 2.14. The molecule has 0 radical (unpaired) electrons. The summed E-state index contributed by atoms with van der Waals surface area (Å²) in [6, 6.07) is 8.60. The molecule has 0 amide bonds. The number of hydrogen-bond acceptors (Lipinski definition) is 3. The van der Waals surface area contributed by atoms with Crippen LogP contribution in [0.2, 0.25) is 0 Å². The van der Waals surface area contributed by atoms with Crippen LogP contribution in [0.1, 0.15) is 30.5 Å². The highest BCUT2D eigenvalue weighted by atomic mass is 15.1. The van der Waals surface area contributed by atoms with E-state index in [4.69, 9.17) is 5.26 Å². The molecule has 0 aliphatic carbocycles. The van der Waals surface area contributed by atoms with Gasteiger partial charge in [-0.05, 0) is 51.1 Å². The van der Waals surface area contributed by atoms with Gasteiger partial charge in [0.15, 0.2) is 0 Å². The van der Waals surface area contributed by atoms with Gasteiger partial charge in [-0.1, -0.05) is 6.07 Å². The smallest absolute Gasteiger partial charge is 0.0991 e. The zero-order valence-corrected chi connectivity index (χ0v) is 11.8. The van der Waals surface area contributed by atoms with E-state index in [1.165, 1.54) is 11.1 Å². The Labute approximate surface area is 110 Å². The maximum absolute atomic E-state index is 8.81. The molecule has 1 rings (SSSR count). The van der Waals surface area contributed by atoms with Crippen LogP contribution < -0.4 is 5.32 Å². The van der Waals surface area contributed by atoms with E-state index in [0.717, 1.165) is 25.2 Å². The van der Waals surface area contributed by atoms with Crippen molar-refractivity contribution in [1.29, 1.82) is 5.26 Å². The third kappa shape index (κ3) is 4.48. The maximum atomic E-state index is 8.81. The Morgan fingerprint density at radius 3 is 2.67 bits per heavy atom. The summed E-state index contributed by atoms with van der Waals surface area (Å²) < 4.78 is 0. The topological polar surface area (TPSA) is 39.1 Å². The molecule has 0 saturated carbocycles. The number of likely N-dealkylation sites (N-methyl/N-ethyl adjacent to an activating group) is 1. The number of aryl methyl sites for hydroxylation is 1. The van der Waals surface area contributed by atoms with E-state index in [1.54, 1.807) is 0 Å². The molecular weight excluding hydrogens is 222 g/mol. The van der Waals surface area contributed by atoms with Crippen molar-refractivity contribution >= 4 is 0 Å². The van der Waals surface area contributed by atoms with Gasteiger partial charge >= 0.3 is 0 Å². The predicted octanol–water partition coefficient (Wildman–Crippen LogP) is 2.30. The molecule has 0 spiro atoms. The Morgan fingerprint density at radius 1 is 1.39 bits per heavy atom. The van der Waals surface area contributed by atoms with E-state index in [1.807, 2.05) is 18.2 Å². The Bertz CT molecular complexity index is 418. The number of benzene rings is 1. The van der Waals surface area contributed by atoms with Crippen molar-refractivity contribution in [3.63, 3.8) is 0 Å². The van der Waals surface area contributed by atoms with E-state index < -0.39 is 0 Å². The van der Waals surface area contributed by atoms with Gasteiger partial charge in [0, 0.05) is 25.7 Å². The molecule has 0 fully saturated rings. The van der Waals surface area contributed by atoms with Crippen LogP contribution in [0.3, 0.4) is 0 Å². The van der Waals surface area contributed by atoms with Crippen molar-refractivity contribution in [2.45, 2.75) is 33.4 Å². The van der Waals surface area contributed by atoms with Gasteiger partial charge in [0.25, 0.3) is 0 Å². The molecule has 0 aromatic heterocycles. The highest BCUT2D eigenvalue weighted by Crippen LogP contribution is 2.10. The molecule has 3 heteroatoms. The van der Waals surface area contributed by atoms with Crippen LogP contribution in [-0.4, -0.2) is 31.1 Å². The molecule has 1 aromatic rings. The fourth-order valence-corrected chi connectivity index (χ4v) is 1.70. The highest BCUT2D eigenvalue weighted by molar-refractivity contribution is 5.37. The fraction of sp³-hybridized carbons (Fsp3) is 0.533. The zero-order valence-electron chi connectivity index (χ0n) is 11.8. The monoisotopic (exact) mass is 245 g/mol. The standard InChI is InChI=1S/C15H23N3/c1-12(2)18(4)8-7-17-11-15-6-5-14(10-16)9-13(15)3/h5-6,9,12,17H,7-8,11H2,1-4H3. The third-order valence-electron chi connectivity index (χ3n) is 3.31. The second kappa shape index (κ2) is 7.15. The molecule has 0 saturated heterocycles. The SMILES string of the molecule is Cc1cc(C#N)ccc1CNCCN(C)C(C)C. The molecule has 0 aliphatic rings. The number of nitrogens with zero attached hydrogens (tertiary/aromatic N) is 2. The van der Waals surface area contributed by atoms with Gasteiger partial charge in [0.05, 0.1) is 11.6 Å². The van der Waals surface area contributed by atoms with Crippen molar-refractivity contribution < 1.29 is 0 Å². The van der Waals surface area contributed by atoms with E-state index in [9.17, 15) is 0 Å². The summed E-state index contributed by atoms with van der Waals surface area (Å²) in [5.74, 6) is 0. The van der Waals surface area contributed by atoms with Crippen LogP contribution in [0.4, 0.5) is 0 Å². The van der Waals surface area contributed by atoms with E-state index in [0.29, 0.717) is 6.04 Å². The zero-order chi connectivity index (χ0) is 13.5. The van der Waals surface area contributed by atoms with E-state index in [-0.39, 0.29) is 0 Å². The van der Waals surface area contributed by atoms with Crippen molar-refractivity contribution in [1.82, 2.24) is 10.2 Å². The quantitative estimate of drug-likeness (QED) is 0.782. The molecule has 18 heavy (non-hydrogen) atoms. The molecule has 1 aromatic carbocycles. The van der Waals surface area contributed by atoms with Crippen molar-refractivity contribution in [2.75, 3.05) is 20.1 Å². The Kier molecular flexibility index (Phi) is 5.84. The minimum Gasteiger partial charge on any atom is -0.311 e. The van der Waals surface area contributed by atoms with Crippen LogP contribution in [0.5, 0.6) is 0 Å². The van der Waals surface area contributed by atoms with Gasteiger partial charge in [-0.2, -0.15) is 5.26 Å². The summed E-state index contributed by atoms with van der Waals surface area (Å²) in [5, 5.41) is 12.3. The highest BCUT2D eigenvalue weighted by Gasteiger charge is 2.03. The molecular formula is C15H23N3. The first-order valence-corrected chi connectivity index (χ1v) is 6.45. The van der Waals surface area contributed by atoms with Crippen LogP contribution in [0, 0.1) is 18.3 Å². The first kappa shape index (κ1) is 14.7. The van der Waals surface area contributed by atoms with Gasteiger partial charge in [-0.25, -0.2) is 0 Å². The van der Waals surface area contributed by atoms with Gasteiger partial charge in [-0.3, -0.25) is 0 Å². The molecule has 0 aliphatic heterocycles. The van der Waals surface area contributed by atoms with Crippen LogP contribution in [-0.2, 0) is 6.54 Å². The summed E-state index contributed by atoms with van der Waals surface area (Å²) in [5.41, 5.74) is 3.18. The Hall–Kier alpha value is -1.37. The summed E-state index contributed by atoms with van der Waals surface area (Å²) in [4.78, 5) is 2.32. The summed E-state index contributed by atoms with van der Waals surface area (Å²) >= 11 is 0. The van der Waals surface area contributed by atoms with Gasteiger partial charge < -0.3 is 10.2 Å². The van der Waals surface area contributed by atoms with Crippen LogP contribution in [0.25, 0.3) is 0 Å². The van der Waals surface area contributed by atoms with E-state index >= 15 is 0 Å². The molecule has 3 nitrogen and oxygen atoms in total. The molecule has 0 bridgehead atoms. The average Bonchev–Trinajstić information content (AvgIpc) is 2.35. The van der Waals surface area contributed by atoms with E-state index in [2.05, 4.69) is 44.1 Å². The Balaban J connectivity index is 2.38. The molecule has 0 heterocycles. The number of hydrogen-bond donors (Lipinski definition) is 1. The third-order valence-corrected chi connectivity index (χ3v) is 3.31. The second-order valence-electron chi connectivity index (χ2n) is 5.00. The number of nitriles is 1. The van der Waals surface area contributed by atoms with Crippen LogP contribution in [0.15, 0.2) is 18.2 Å². The predicted molar refractivity (Wildman–Crippen MR) is 75.4 cm³/mol. The fourth-order valence-electron chi connectivity index (χ4n) is 1.70. The van der Waals surface area contributed by atoms with Crippen LogP contribution >= 0.6 is 0 Å². The van der Waals surface area contributed by atoms with Crippen molar-refractivity contribution in [3.8, 4) is 6.07 Å². The maximum Gasteiger partial charge on any atom is 0.0991 e. The van der Waals surface area contributed by atoms with Gasteiger partial charge in [0.1, 0.15) is 0 Å². The molecule has 0 unspecified atom stereocenters. The molecule has 1 N–H and O–H groups in total. The molecule has 0 atom stereocenters. The summed E-state index contributed by atoms with van der Waals surface area (Å²) in [6.07, 6.45) is 0. The summed E-state index contributed by atoms with van der Waals surface area (Å²) in [6.45, 7) is 9.35. The minimum atomic E-state index is 0.587. The largest absolute Gasteiger partial charge is 0.311 e. The lowest BCUT2D eigenvalue weighted by molar-refractivity contribution is 0.273. The Morgan fingerprint density at radius 2 is 2.11 bits per heavy atom. The van der Waals surface area contributed by atoms with Crippen molar-refractivity contribution in [2.24, 2.45) is 0 Å². The lowest BCUT2D eigenvalue weighted by Crippen LogP contribution is -2.33. The number of nitrogens with one attached hydrogen (secondary N) is 1. The second-order valence-corrected chi connectivity index (χ2v) is 5.00. The molecule has 98 valence electrons. The lowest BCUT2D eigenvalue weighted by atomic mass is 10.1. The first-order chi connectivity index (χ1) is 8.54. The van der Waals surface area contributed by atoms with Crippen molar-refractivity contribution in [3.05, 3.63) is 34.9 Å². The lowest BCUT2D eigenvalue weighted by Gasteiger charge is -2.21. The first-order valence-electron chi connectivity index (χ1n) is 6.45. The van der Waals surface area contributed by atoms with Gasteiger partial charge in [-0.15, -0.1) is 0 Å². The number of rotatable bonds is 6. The minimum absolute atomic E-state index is 0.587. The van der Waals surface area contributed by atoms with Gasteiger partial charge in [0.2, 0.25) is 0 Å². The average molecular weight is 245 g/mol. The normalized spacial score (nSPS) is 10.9.